The Hall–Kier alpha value is -0.900. The lowest BCUT2D eigenvalue weighted by Crippen LogP contribution is -2.45. The van der Waals surface area contributed by atoms with Gasteiger partial charge >= 0.3 is 0 Å². The van der Waals surface area contributed by atoms with Gasteiger partial charge in [0, 0.05) is 32.2 Å². The Kier molecular flexibility index (Phi) is 5.17. The van der Waals surface area contributed by atoms with Gasteiger partial charge in [0.05, 0.1) is 6.10 Å². The molecule has 0 amide bonds. The van der Waals surface area contributed by atoms with Crippen LogP contribution in [0.2, 0.25) is 0 Å². The molecule has 1 saturated carbocycles. The van der Waals surface area contributed by atoms with Crippen molar-refractivity contribution in [1.29, 1.82) is 0 Å². The van der Waals surface area contributed by atoms with Crippen LogP contribution in [-0.2, 0) is 13.0 Å². The zero-order valence-corrected chi connectivity index (χ0v) is 14.0. The highest BCUT2D eigenvalue weighted by Crippen LogP contribution is 2.35. The maximum Gasteiger partial charge on any atom is 0.0791 e. The molecule has 122 valence electrons. The van der Waals surface area contributed by atoms with Gasteiger partial charge in [0.2, 0.25) is 0 Å². The first-order chi connectivity index (χ1) is 10.6. The van der Waals surface area contributed by atoms with Gasteiger partial charge in [-0.15, -0.1) is 0 Å². The number of nitrogens with zero attached hydrogens (tertiary/aromatic N) is 1. The van der Waals surface area contributed by atoms with Crippen LogP contribution in [0.25, 0.3) is 0 Å². The zero-order chi connectivity index (χ0) is 15.5. The van der Waals surface area contributed by atoms with Gasteiger partial charge in [-0.25, -0.2) is 0 Å². The van der Waals surface area contributed by atoms with Crippen molar-refractivity contribution in [2.45, 2.75) is 51.8 Å². The molecule has 2 unspecified atom stereocenters. The molecule has 0 saturated heterocycles. The summed E-state index contributed by atoms with van der Waals surface area (Å²) in [6.07, 6.45) is 3.54. The van der Waals surface area contributed by atoms with Crippen molar-refractivity contribution in [3.63, 3.8) is 0 Å². The number of aliphatic hydroxyl groups excluding tert-OH is 1. The first-order valence-corrected chi connectivity index (χ1v) is 8.84. The molecule has 22 heavy (non-hydrogen) atoms. The van der Waals surface area contributed by atoms with Crippen LogP contribution in [0, 0.1) is 11.8 Å². The highest BCUT2D eigenvalue weighted by atomic mass is 16.3. The minimum atomic E-state index is -0.273. The molecule has 1 aromatic carbocycles. The maximum atomic E-state index is 10.4. The molecule has 3 rings (SSSR count). The van der Waals surface area contributed by atoms with E-state index < -0.39 is 0 Å². The van der Waals surface area contributed by atoms with Crippen LogP contribution in [0.1, 0.15) is 37.8 Å². The number of benzene rings is 1. The summed E-state index contributed by atoms with van der Waals surface area (Å²) in [4.78, 5) is 2.39. The molecular weight excluding hydrogens is 272 g/mol. The van der Waals surface area contributed by atoms with E-state index in [2.05, 4.69) is 48.3 Å². The molecule has 2 atom stereocenters. The van der Waals surface area contributed by atoms with E-state index in [-0.39, 0.29) is 6.10 Å². The Bertz CT molecular complexity index is 482. The van der Waals surface area contributed by atoms with Crippen molar-refractivity contribution in [1.82, 2.24) is 10.2 Å². The Morgan fingerprint density at radius 2 is 1.95 bits per heavy atom. The van der Waals surface area contributed by atoms with E-state index in [1.165, 1.54) is 24.0 Å². The Morgan fingerprint density at radius 1 is 1.23 bits per heavy atom. The highest BCUT2D eigenvalue weighted by Gasteiger charge is 2.33. The summed E-state index contributed by atoms with van der Waals surface area (Å²) < 4.78 is 0. The van der Waals surface area contributed by atoms with Crippen molar-refractivity contribution in [2.75, 3.05) is 19.6 Å². The minimum absolute atomic E-state index is 0.273. The van der Waals surface area contributed by atoms with Crippen LogP contribution < -0.4 is 5.32 Å². The van der Waals surface area contributed by atoms with Crippen molar-refractivity contribution in [3.8, 4) is 0 Å². The van der Waals surface area contributed by atoms with Gasteiger partial charge in [0.25, 0.3) is 0 Å². The predicted molar refractivity (Wildman–Crippen MR) is 90.8 cm³/mol. The fourth-order valence-electron chi connectivity index (χ4n) is 3.75. The van der Waals surface area contributed by atoms with Crippen LogP contribution in [-0.4, -0.2) is 41.8 Å². The lowest BCUT2D eigenvalue weighted by atomic mass is 9.99. The summed E-state index contributed by atoms with van der Waals surface area (Å²) in [5.74, 6) is 1.50. The second-order valence-corrected chi connectivity index (χ2v) is 7.42. The molecular formula is C19H30N2O. The monoisotopic (exact) mass is 302 g/mol. The van der Waals surface area contributed by atoms with E-state index in [9.17, 15) is 5.11 Å². The number of hydrogen-bond acceptors (Lipinski definition) is 3. The summed E-state index contributed by atoms with van der Waals surface area (Å²) in [5, 5.41) is 14.0. The van der Waals surface area contributed by atoms with Crippen LogP contribution in [0.4, 0.5) is 0 Å². The van der Waals surface area contributed by atoms with E-state index in [1.807, 2.05) is 0 Å². The summed E-state index contributed by atoms with van der Waals surface area (Å²) in [5.41, 5.74) is 2.90. The molecule has 2 aliphatic rings. The molecule has 1 heterocycles. The molecule has 1 aromatic rings. The first kappa shape index (κ1) is 16.0. The van der Waals surface area contributed by atoms with Gasteiger partial charge in [0.1, 0.15) is 0 Å². The van der Waals surface area contributed by atoms with Gasteiger partial charge in [-0.3, -0.25) is 4.90 Å². The molecule has 1 fully saturated rings. The Labute approximate surface area is 134 Å². The second kappa shape index (κ2) is 7.12. The lowest BCUT2D eigenvalue weighted by Gasteiger charge is -2.31. The Balaban J connectivity index is 1.45. The third-order valence-corrected chi connectivity index (χ3v) is 5.12. The topological polar surface area (TPSA) is 35.5 Å². The Morgan fingerprint density at radius 3 is 2.64 bits per heavy atom. The molecule has 0 bridgehead atoms. The van der Waals surface area contributed by atoms with Crippen molar-refractivity contribution >= 4 is 0 Å². The third kappa shape index (κ3) is 4.09. The van der Waals surface area contributed by atoms with E-state index in [1.54, 1.807) is 0 Å². The van der Waals surface area contributed by atoms with Gasteiger partial charge in [0.15, 0.2) is 0 Å². The smallest absolute Gasteiger partial charge is 0.0791 e. The van der Waals surface area contributed by atoms with Crippen molar-refractivity contribution in [2.24, 2.45) is 11.8 Å². The van der Waals surface area contributed by atoms with Crippen molar-refractivity contribution in [3.05, 3.63) is 35.4 Å². The van der Waals surface area contributed by atoms with Crippen LogP contribution in [0.15, 0.2) is 24.3 Å². The van der Waals surface area contributed by atoms with E-state index in [0.717, 1.165) is 38.5 Å². The van der Waals surface area contributed by atoms with E-state index in [4.69, 9.17) is 0 Å². The van der Waals surface area contributed by atoms with Gasteiger partial charge in [-0.2, -0.15) is 0 Å². The number of aliphatic hydroxyl groups is 1. The molecule has 2 N–H and O–H groups in total. The van der Waals surface area contributed by atoms with E-state index in [0.29, 0.717) is 12.0 Å². The number of β-amino-alcohol motifs (C(OH)–C–C–N with tert-alkyl or cyclic N) is 1. The number of hydrogen-bond donors (Lipinski definition) is 2. The largest absolute Gasteiger partial charge is 0.390 e. The summed E-state index contributed by atoms with van der Waals surface area (Å²) in [6, 6.07) is 9.26. The molecule has 0 spiro atoms. The summed E-state index contributed by atoms with van der Waals surface area (Å²) >= 11 is 0. The molecule has 1 aliphatic carbocycles. The molecule has 1 aliphatic heterocycles. The molecule has 3 nitrogen and oxygen atoms in total. The van der Waals surface area contributed by atoms with Gasteiger partial charge < -0.3 is 10.4 Å². The van der Waals surface area contributed by atoms with Crippen LogP contribution in [0.5, 0.6) is 0 Å². The van der Waals surface area contributed by atoms with Crippen molar-refractivity contribution < 1.29 is 5.11 Å². The highest BCUT2D eigenvalue weighted by molar-refractivity contribution is 5.29. The first-order valence-electron chi connectivity index (χ1n) is 8.84. The normalized spacial score (nSPS) is 21.6. The fourth-order valence-corrected chi connectivity index (χ4v) is 3.75. The SMILES string of the molecule is CC(C)C(NCC(O)CN1CCc2ccccc2C1)C1CC1. The predicted octanol–water partition coefficient (Wildman–Crippen LogP) is 2.43. The molecule has 0 radical (unpaired) electrons. The van der Waals surface area contributed by atoms with Crippen LogP contribution in [0.3, 0.4) is 0 Å². The lowest BCUT2D eigenvalue weighted by molar-refractivity contribution is 0.0989. The average Bonchev–Trinajstić information content (AvgIpc) is 3.32. The van der Waals surface area contributed by atoms with Crippen LogP contribution >= 0.6 is 0 Å². The standard InChI is InChI=1S/C19H30N2O/c1-14(2)19(16-7-8-16)20-11-18(22)13-21-10-9-15-5-3-4-6-17(15)12-21/h3-6,14,16,18-20,22H,7-13H2,1-2H3. The fraction of sp³-hybridized carbons (Fsp3) is 0.684. The third-order valence-electron chi connectivity index (χ3n) is 5.12. The van der Waals surface area contributed by atoms with E-state index >= 15 is 0 Å². The summed E-state index contributed by atoms with van der Waals surface area (Å²) in [6.45, 7) is 8.09. The zero-order valence-electron chi connectivity index (χ0n) is 14.0. The van der Waals surface area contributed by atoms with Gasteiger partial charge in [-0.05, 0) is 42.2 Å². The quantitative estimate of drug-likeness (QED) is 0.812. The molecule has 3 heteroatoms. The number of rotatable bonds is 7. The second-order valence-electron chi connectivity index (χ2n) is 7.42. The minimum Gasteiger partial charge on any atom is -0.390 e. The maximum absolute atomic E-state index is 10.4. The number of nitrogens with one attached hydrogen (secondary N) is 1. The molecule has 0 aromatic heterocycles. The number of fused-ring (bicyclic) bond motifs is 1. The average molecular weight is 302 g/mol. The van der Waals surface area contributed by atoms with Gasteiger partial charge in [-0.1, -0.05) is 38.1 Å². The summed E-state index contributed by atoms with van der Waals surface area (Å²) in [7, 11) is 0.